The number of Topliss-reactive ketones (excluding diaryl/α,β-unsaturated/α-hetero) is 1. The van der Waals surface area contributed by atoms with Gasteiger partial charge >= 0.3 is 0 Å². The summed E-state index contributed by atoms with van der Waals surface area (Å²) in [5.41, 5.74) is 0.983. The Morgan fingerprint density at radius 3 is 2.58 bits per heavy atom. The molecule has 12 heavy (non-hydrogen) atoms. The Hall–Kier alpha value is -0.590. The van der Waals surface area contributed by atoms with Gasteiger partial charge in [-0.25, -0.2) is 0 Å². The highest BCUT2D eigenvalue weighted by Gasteiger charge is 2.04. The number of hydrogen-bond acceptors (Lipinski definition) is 1. The summed E-state index contributed by atoms with van der Waals surface area (Å²) >= 11 is 0. The van der Waals surface area contributed by atoms with E-state index in [1.807, 2.05) is 6.92 Å². The molecule has 1 heteroatoms. The highest BCUT2D eigenvalue weighted by Crippen LogP contribution is 2.13. The molecule has 0 radical (unpaired) electrons. The molecule has 0 bridgehead atoms. The Bertz CT molecular complexity index is 179. The quantitative estimate of drug-likeness (QED) is 0.540. The van der Waals surface area contributed by atoms with Crippen molar-refractivity contribution in [3.05, 3.63) is 11.6 Å². The number of carbonyl (C=O) groups excluding carboxylic acids is 1. The molecule has 1 rings (SSSR count). The molecule has 0 aromatic carbocycles. The summed E-state index contributed by atoms with van der Waals surface area (Å²) in [6.07, 6.45) is 10.2. The molecule has 0 spiro atoms. The van der Waals surface area contributed by atoms with E-state index in [0.29, 0.717) is 5.78 Å². The second kappa shape index (κ2) is 5.13. The van der Waals surface area contributed by atoms with E-state index in [1.165, 1.54) is 25.7 Å². The lowest BCUT2D eigenvalue weighted by molar-refractivity contribution is -0.115. The number of carbonyl (C=O) groups is 1. The van der Waals surface area contributed by atoms with Gasteiger partial charge in [-0.2, -0.15) is 0 Å². The van der Waals surface area contributed by atoms with Gasteiger partial charge in [0.15, 0.2) is 5.78 Å². The number of ketones is 1. The molecule has 1 nitrogen and oxygen atoms in total. The maximum atomic E-state index is 11.4. The monoisotopic (exact) mass is 166 g/mol. The van der Waals surface area contributed by atoms with E-state index in [0.717, 1.165) is 24.8 Å². The topological polar surface area (TPSA) is 17.1 Å². The van der Waals surface area contributed by atoms with Crippen LogP contribution in [0.3, 0.4) is 0 Å². The fourth-order valence-electron chi connectivity index (χ4n) is 1.59. The zero-order chi connectivity index (χ0) is 8.81. The lowest BCUT2D eigenvalue weighted by Crippen LogP contribution is -2.00. The minimum absolute atomic E-state index is 0.358. The van der Waals surface area contributed by atoms with Crippen molar-refractivity contribution in [2.75, 3.05) is 0 Å². The van der Waals surface area contributed by atoms with Gasteiger partial charge in [0.05, 0.1) is 0 Å². The molecule has 1 aliphatic rings. The molecule has 0 aromatic heterocycles. The molecule has 0 aromatic rings. The van der Waals surface area contributed by atoms with E-state index in [1.54, 1.807) is 0 Å². The van der Waals surface area contributed by atoms with Gasteiger partial charge in [-0.15, -0.1) is 0 Å². The third kappa shape index (κ3) is 3.21. The van der Waals surface area contributed by atoms with E-state index in [9.17, 15) is 4.79 Å². The molecule has 1 aliphatic carbocycles. The summed E-state index contributed by atoms with van der Waals surface area (Å²) in [6.45, 7) is 1.95. The third-order valence-electron chi connectivity index (χ3n) is 2.50. The molecule has 0 aliphatic heterocycles. The minimum atomic E-state index is 0.358. The Morgan fingerprint density at radius 1 is 1.08 bits per heavy atom. The van der Waals surface area contributed by atoms with E-state index in [4.69, 9.17) is 0 Å². The number of hydrogen-bond donors (Lipinski definition) is 0. The van der Waals surface area contributed by atoms with Gasteiger partial charge in [0.25, 0.3) is 0 Å². The predicted molar refractivity (Wildman–Crippen MR) is 51.1 cm³/mol. The van der Waals surface area contributed by atoms with Crippen LogP contribution in [0.15, 0.2) is 11.6 Å². The van der Waals surface area contributed by atoms with Gasteiger partial charge < -0.3 is 0 Å². The zero-order valence-electron chi connectivity index (χ0n) is 7.94. The molecule has 0 N–H and O–H groups in total. The van der Waals surface area contributed by atoms with E-state index >= 15 is 0 Å². The fraction of sp³-hybridized carbons (Fsp3) is 0.727. The smallest absolute Gasteiger partial charge is 0.158 e. The third-order valence-corrected chi connectivity index (χ3v) is 2.50. The highest BCUT2D eigenvalue weighted by atomic mass is 16.1. The SMILES string of the molecule is C/C1=C/CCCCCCCC1=O. The minimum Gasteiger partial charge on any atom is -0.295 e. The van der Waals surface area contributed by atoms with Gasteiger partial charge in [-0.1, -0.05) is 25.3 Å². The van der Waals surface area contributed by atoms with Crippen molar-refractivity contribution in [1.82, 2.24) is 0 Å². The first kappa shape index (κ1) is 9.50. The average molecular weight is 166 g/mol. The zero-order valence-corrected chi connectivity index (χ0v) is 7.94. The van der Waals surface area contributed by atoms with Crippen molar-refractivity contribution in [1.29, 1.82) is 0 Å². The second-order valence-corrected chi connectivity index (χ2v) is 3.62. The fourth-order valence-corrected chi connectivity index (χ4v) is 1.59. The summed E-state index contributed by atoms with van der Waals surface area (Å²) in [5, 5.41) is 0. The molecule has 0 saturated heterocycles. The molecule has 0 fully saturated rings. The van der Waals surface area contributed by atoms with Crippen LogP contribution in [0.5, 0.6) is 0 Å². The predicted octanol–water partition coefficient (Wildman–Crippen LogP) is 3.25. The number of allylic oxidation sites excluding steroid dienone is 2. The van der Waals surface area contributed by atoms with Crippen molar-refractivity contribution >= 4 is 5.78 Å². The Morgan fingerprint density at radius 2 is 1.75 bits per heavy atom. The van der Waals surface area contributed by atoms with Crippen molar-refractivity contribution in [3.63, 3.8) is 0 Å². The Labute approximate surface area is 74.9 Å². The molecule has 0 atom stereocenters. The summed E-state index contributed by atoms with van der Waals surface area (Å²) in [5.74, 6) is 0.358. The van der Waals surface area contributed by atoms with Crippen LogP contribution in [0.4, 0.5) is 0 Å². The first-order valence-corrected chi connectivity index (χ1v) is 5.00. The average Bonchev–Trinajstić information content (AvgIpc) is 2.08. The van der Waals surface area contributed by atoms with Crippen LogP contribution >= 0.6 is 0 Å². The normalized spacial score (nSPS) is 26.1. The maximum Gasteiger partial charge on any atom is 0.158 e. The van der Waals surface area contributed by atoms with Crippen LogP contribution in [0.2, 0.25) is 0 Å². The molecule has 0 saturated carbocycles. The summed E-state index contributed by atoms with van der Waals surface area (Å²) in [6, 6.07) is 0. The van der Waals surface area contributed by atoms with Gasteiger partial charge in [-0.3, -0.25) is 4.79 Å². The van der Waals surface area contributed by atoms with E-state index in [-0.39, 0.29) is 0 Å². The van der Waals surface area contributed by atoms with Crippen LogP contribution < -0.4 is 0 Å². The van der Waals surface area contributed by atoms with Crippen LogP contribution in [-0.2, 0) is 4.79 Å². The van der Waals surface area contributed by atoms with Crippen LogP contribution in [-0.4, -0.2) is 5.78 Å². The molecule has 68 valence electrons. The first-order chi connectivity index (χ1) is 5.80. The van der Waals surface area contributed by atoms with Crippen LogP contribution in [0, 0.1) is 0 Å². The summed E-state index contributed by atoms with van der Waals surface area (Å²) < 4.78 is 0. The molecular weight excluding hydrogens is 148 g/mol. The van der Waals surface area contributed by atoms with E-state index < -0.39 is 0 Å². The van der Waals surface area contributed by atoms with E-state index in [2.05, 4.69) is 6.08 Å². The highest BCUT2D eigenvalue weighted by molar-refractivity contribution is 5.94. The molecular formula is C11H18O. The Kier molecular flexibility index (Phi) is 4.06. The van der Waals surface area contributed by atoms with Gasteiger partial charge in [-0.05, 0) is 31.8 Å². The molecule has 0 unspecified atom stereocenters. The molecule has 0 amide bonds. The van der Waals surface area contributed by atoms with Gasteiger partial charge in [0.1, 0.15) is 0 Å². The maximum absolute atomic E-state index is 11.4. The standard InChI is InChI=1S/C11H18O/c1-10-8-6-4-2-3-5-7-9-11(10)12/h8H,2-7,9H2,1H3/b10-8-. The molecule has 0 heterocycles. The summed E-state index contributed by atoms with van der Waals surface area (Å²) in [7, 11) is 0. The van der Waals surface area contributed by atoms with Crippen molar-refractivity contribution in [3.8, 4) is 0 Å². The van der Waals surface area contributed by atoms with Crippen LogP contribution in [0.1, 0.15) is 51.9 Å². The van der Waals surface area contributed by atoms with Crippen molar-refractivity contribution < 1.29 is 4.79 Å². The lowest BCUT2D eigenvalue weighted by atomic mass is 10.0. The van der Waals surface area contributed by atoms with Crippen molar-refractivity contribution in [2.45, 2.75) is 51.9 Å². The van der Waals surface area contributed by atoms with Crippen molar-refractivity contribution in [2.24, 2.45) is 0 Å². The first-order valence-electron chi connectivity index (χ1n) is 5.00. The number of rotatable bonds is 0. The second-order valence-electron chi connectivity index (χ2n) is 3.62. The lowest BCUT2D eigenvalue weighted by Gasteiger charge is -2.05. The largest absolute Gasteiger partial charge is 0.295 e. The van der Waals surface area contributed by atoms with Gasteiger partial charge in [0, 0.05) is 6.42 Å². The Balaban J connectivity index is 2.47. The summed E-state index contributed by atoms with van der Waals surface area (Å²) in [4.78, 5) is 11.4. The van der Waals surface area contributed by atoms with Gasteiger partial charge in [0.2, 0.25) is 0 Å². The van der Waals surface area contributed by atoms with Crippen LogP contribution in [0.25, 0.3) is 0 Å².